The average Bonchev–Trinajstić information content (AvgIpc) is 3.14. The molecular formula is C38H42F3N7O5. The lowest BCUT2D eigenvalue weighted by Gasteiger charge is -2.38. The number of fused-ring (bicyclic) bond motifs is 1. The van der Waals surface area contributed by atoms with Crippen molar-refractivity contribution in [3.8, 4) is 11.1 Å². The Kier molecular flexibility index (Phi) is 10.8. The number of amides is 3. The van der Waals surface area contributed by atoms with Gasteiger partial charge < -0.3 is 23.7 Å². The molecule has 1 aromatic carbocycles. The molecule has 0 radical (unpaired) electrons. The molecule has 2 atom stereocenters. The Morgan fingerprint density at radius 3 is 2.40 bits per heavy atom. The number of urea groups is 1. The van der Waals surface area contributed by atoms with Gasteiger partial charge in [-0.05, 0) is 54.5 Å². The minimum Gasteiger partial charge on any atom is -0.372 e. The number of hydrogen-bond donors (Lipinski definition) is 1. The van der Waals surface area contributed by atoms with Crippen LogP contribution in [0.2, 0.25) is 0 Å². The first kappa shape index (κ1) is 36.5. The van der Waals surface area contributed by atoms with Crippen molar-refractivity contribution < 1.29 is 27.5 Å². The van der Waals surface area contributed by atoms with E-state index in [1.54, 1.807) is 47.1 Å². The second kappa shape index (κ2) is 15.6. The number of ether oxygens (including phenoxy) is 1. The van der Waals surface area contributed by atoms with Gasteiger partial charge in [0.25, 0.3) is 11.1 Å². The van der Waals surface area contributed by atoms with Crippen LogP contribution in [0, 0.1) is 11.6 Å². The minimum atomic E-state index is -1.31. The molecule has 3 fully saturated rings. The molecule has 0 saturated carbocycles. The molecule has 0 unspecified atom stereocenters. The van der Waals surface area contributed by atoms with Crippen LogP contribution in [0.5, 0.6) is 0 Å². The van der Waals surface area contributed by atoms with Gasteiger partial charge in [0.2, 0.25) is 5.91 Å². The van der Waals surface area contributed by atoms with E-state index in [-0.39, 0.29) is 61.3 Å². The summed E-state index contributed by atoms with van der Waals surface area (Å²) in [6.07, 6.45) is 6.25. The Hall–Kier alpha value is -4.86. The number of benzene rings is 1. The molecule has 7 rings (SSSR count). The van der Waals surface area contributed by atoms with Gasteiger partial charge in [-0.2, -0.15) is 0 Å². The van der Waals surface area contributed by atoms with Crippen LogP contribution >= 0.6 is 0 Å². The third kappa shape index (κ3) is 8.06. The van der Waals surface area contributed by atoms with Crippen LogP contribution in [0.25, 0.3) is 21.9 Å². The summed E-state index contributed by atoms with van der Waals surface area (Å²) in [5.41, 5.74) is 0.709. The fourth-order valence-corrected chi connectivity index (χ4v) is 7.52. The number of aromatic nitrogens is 3. The molecule has 12 nitrogen and oxygen atoms in total. The standard InChI is InChI=1S/C38H42F3N7O5/c1-44-21-29(27-4-9-42-19-28(27)37(44)51)25-17-31(39)30(32(40)18-25)22-46-13-7-34(33(41)23-46)53-26-5-11-45(12-6-26)15-16-47-10-2-3-24(36(47)50)20-48-14-8-35(49)43-38(48)52/h2-4,9-10,17-19,21,26,33-34H,5-8,11-16,20,22-23H2,1H3,(H,43,49,52)/t33-,34-/m1/s1. The van der Waals surface area contributed by atoms with E-state index >= 15 is 13.2 Å². The van der Waals surface area contributed by atoms with E-state index in [4.69, 9.17) is 4.74 Å². The molecule has 0 aliphatic carbocycles. The number of imide groups is 1. The number of carbonyl (C=O) groups is 2. The zero-order chi connectivity index (χ0) is 37.2. The van der Waals surface area contributed by atoms with Crippen molar-refractivity contribution in [2.45, 2.75) is 63.7 Å². The predicted molar refractivity (Wildman–Crippen MR) is 191 cm³/mol. The largest absolute Gasteiger partial charge is 0.372 e. The molecule has 3 aliphatic rings. The Morgan fingerprint density at radius 1 is 0.906 bits per heavy atom. The Labute approximate surface area is 303 Å². The number of rotatable bonds is 10. The first-order valence-corrected chi connectivity index (χ1v) is 18.0. The van der Waals surface area contributed by atoms with Gasteiger partial charge in [0.05, 0.1) is 24.1 Å². The summed E-state index contributed by atoms with van der Waals surface area (Å²) in [4.78, 5) is 58.6. The second-order valence-corrected chi connectivity index (χ2v) is 14.1. The van der Waals surface area contributed by atoms with E-state index in [0.29, 0.717) is 53.5 Å². The van der Waals surface area contributed by atoms with E-state index in [0.717, 1.165) is 25.9 Å². The fourth-order valence-electron chi connectivity index (χ4n) is 7.52. The maximum absolute atomic E-state index is 15.4. The number of hydrogen-bond acceptors (Lipinski definition) is 8. The maximum Gasteiger partial charge on any atom is 0.324 e. The lowest BCUT2D eigenvalue weighted by atomic mass is 9.99. The lowest BCUT2D eigenvalue weighted by molar-refractivity contribution is -0.121. The van der Waals surface area contributed by atoms with Gasteiger partial charge in [0, 0.05) is 107 Å². The molecule has 15 heteroatoms. The second-order valence-electron chi connectivity index (χ2n) is 14.1. The summed E-state index contributed by atoms with van der Waals surface area (Å²) in [5, 5.41) is 3.17. The number of nitrogens with one attached hydrogen (secondary N) is 1. The summed E-state index contributed by atoms with van der Waals surface area (Å²) in [7, 11) is 1.57. The number of nitrogens with zero attached hydrogens (tertiary/aromatic N) is 6. The summed E-state index contributed by atoms with van der Waals surface area (Å²) >= 11 is 0. The van der Waals surface area contributed by atoms with Gasteiger partial charge >= 0.3 is 6.03 Å². The Balaban J connectivity index is 0.884. The fraction of sp³-hybridized carbons (Fsp3) is 0.447. The van der Waals surface area contributed by atoms with Crippen LogP contribution in [0.4, 0.5) is 18.0 Å². The van der Waals surface area contributed by atoms with E-state index in [1.165, 1.54) is 34.0 Å². The van der Waals surface area contributed by atoms with Crippen molar-refractivity contribution >= 4 is 22.7 Å². The molecule has 1 N–H and O–H groups in total. The molecule has 3 aromatic heterocycles. The van der Waals surface area contributed by atoms with Crippen molar-refractivity contribution in [2.75, 3.05) is 39.3 Å². The number of aryl methyl sites for hydroxylation is 1. The zero-order valence-electron chi connectivity index (χ0n) is 29.5. The van der Waals surface area contributed by atoms with Crippen LogP contribution < -0.4 is 16.4 Å². The third-order valence-electron chi connectivity index (χ3n) is 10.5. The first-order chi connectivity index (χ1) is 25.5. The first-order valence-electron chi connectivity index (χ1n) is 18.0. The van der Waals surface area contributed by atoms with Crippen LogP contribution in [-0.4, -0.2) is 98.4 Å². The third-order valence-corrected chi connectivity index (χ3v) is 10.5. The van der Waals surface area contributed by atoms with Gasteiger partial charge in [-0.25, -0.2) is 18.0 Å². The van der Waals surface area contributed by atoms with Gasteiger partial charge in [0.1, 0.15) is 17.8 Å². The van der Waals surface area contributed by atoms with Crippen molar-refractivity contribution in [2.24, 2.45) is 7.05 Å². The summed E-state index contributed by atoms with van der Waals surface area (Å²) in [5.74, 6) is -1.79. The molecule has 3 aliphatic heterocycles. The van der Waals surface area contributed by atoms with Crippen LogP contribution in [0.1, 0.15) is 36.8 Å². The summed E-state index contributed by atoms with van der Waals surface area (Å²) in [6, 6.07) is 7.14. The quantitative estimate of drug-likeness (QED) is 0.263. The topological polar surface area (TPSA) is 122 Å². The molecule has 3 saturated heterocycles. The minimum absolute atomic E-state index is 0.00303. The number of alkyl halides is 1. The molecule has 6 heterocycles. The van der Waals surface area contributed by atoms with Gasteiger partial charge in [-0.3, -0.25) is 29.6 Å². The van der Waals surface area contributed by atoms with Crippen LogP contribution in [0.15, 0.2) is 64.7 Å². The Bertz CT molecular complexity index is 2110. The highest BCUT2D eigenvalue weighted by atomic mass is 19.1. The van der Waals surface area contributed by atoms with E-state index in [1.807, 2.05) is 0 Å². The van der Waals surface area contributed by atoms with Gasteiger partial charge in [0.15, 0.2) is 0 Å². The summed E-state index contributed by atoms with van der Waals surface area (Å²) in [6.45, 7) is 3.33. The number of carbonyl (C=O) groups excluding carboxylic acids is 2. The highest BCUT2D eigenvalue weighted by molar-refractivity contribution is 5.96. The van der Waals surface area contributed by atoms with Crippen molar-refractivity contribution in [3.05, 3.63) is 98.6 Å². The number of likely N-dealkylation sites (tertiary alicyclic amines) is 2. The summed E-state index contributed by atoms with van der Waals surface area (Å²) < 4.78 is 55.5. The average molecular weight is 734 g/mol. The van der Waals surface area contributed by atoms with Gasteiger partial charge in [-0.1, -0.05) is 6.07 Å². The van der Waals surface area contributed by atoms with Crippen LogP contribution in [0.3, 0.4) is 0 Å². The SMILES string of the molecule is Cn1cc(-c2cc(F)c(CN3CC[C@@H](OC4CCN(CCn5cccc(CN6CCC(=O)NC6=O)c5=O)CC4)[C@H](F)C3)c(F)c2)c2ccncc2c1=O. The molecule has 0 spiro atoms. The molecule has 4 aromatic rings. The van der Waals surface area contributed by atoms with Crippen molar-refractivity contribution in [3.63, 3.8) is 0 Å². The molecule has 3 amide bonds. The smallest absolute Gasteiger partial charge is 0.324 e. The lowest BCUT2D eigenvalue weighted by Crippen LogP contribution is -2.49. The Morgan fingerprint density at radius 2 is 1.66 bits per heavy atom. The number of halogens is 3. The highest BCUT2D eigenvalue weighted by Gasteiger charge is 2.34. The van der Waals surface area contributed by atoms with Gasteiger partial charge in [-0.15, -0.1) is 0 Å². The molecular weight excluding hydrogens is 691 g/mol. The molecule has 53 heavy (non-hydrogen) atoms. The molecule has 280 valence electrons. The van der Waals surface area contributed by atoms with Crippen LogP contribution in [-0.2, 0) is 36.2 Å². The normalized spacial score (nSPS) is 20.6. The van der Waals surface area contributed by atoms with Crippen molar-refractivity contribution in [1.29, 1.82) is 0 Å². The predicted octanol–water partition coefficient (Wildman–Crippen LogP) is 3.58. The van der Waals surface area contributed by atoms with E-state index < -0.39 is 29.9 Å². The van der Waals surface area contributed by atoms with Crippen molar-refractivity contribution in [1.82, 2.24) is 34.1 Å². The number of pyridine rings is 3. The highest BCUT2D eigenvalue weighted by Crippen LogP contribution is 2.31. The molecule has 0 bridgehead atoms. The maximum atomic E-state index is 15.4. The zero-order valence-corrected chi connectivity index (χ0v) is 29.5. The number of piperidine rings is 2. The van der Waals surface area contributed by atoms with E-state index in [9.17, 15) is 19.2 Å². The van der Waals surface area contributed by atoms with E-state index in [2.05, 4.69) is 15.2 Å². The monoisotopic (exact) mass is 733 g/mol.